The van der Waals surface area contributed by atoms with Crippen LogP contribution in [0.4, 0.5) is 16.2 Å². The van der Waals surface area contributed by atoms with E-state index in [4.69, 9.17) is 10.5 Å². The molecule has 8 nitrogen and oxygen atoms in total. The molecule has 0 aromatic heterocycles. The topological polar surface area (TPSA) is 123 Å². The van der Waals surface area contributed by atoms with E-state index in [1.807, 2.05) is 0 Å². The second kappa shape index (κ2) is 9.01. The third kappa shape index (κ3) is 5.31. The lowest BCUT2D eigenvalue weighted by Gasteiger charge is -2.11. The normalized spacial score (nSPS) is 15.6. The molecule has 1 fully saturated rings. The van der Waals surface area contributed by atoms with E-state index in [1.165, 1.54) is 0 Å². The van der Waals surface area contributed by atoms with Gasteiger partial charge in [0.05, 0.1) is 0 Å². The van der Waals surface area contributed by atoms with Crippen molar-refractivity contribution in [1.29, 1.82) is 0 Å². The maximum Gasteiger partial charge on any atom is 0.316 e. The summed E-state index contributed by atoms with van der Waals surface area (Å²) in [5, 5.41) is 8.08. The first-order valence-electron chi connectivity index (χ1n) is 8.97. The lowest BCUT2D eigenvalue weighted by Crippen LogP contribution is -2.27. The average Bonchev–Trinajstić information content (AvgIpc) is 3.22. The monoisotopic (exact) mass is 382 g/mol. The highest BCUT2D eigenvalue weighted by Crippen LogP contribution is 2.16. The molecule has 1 aliphatic heterocycles. The molecule has 5 N–H and O–H groups in total. The number of nitrogens with one attached hydrogen (secondary N) is 3. The molecule has 1 saturated heterocycles. The largest absolute Gasteiger partial charge is 0.368 e. The Balaban J connectivity index is 1.55. The summed E-state index contributed by atoms with van der Waals surface area (Å²) in [6.45, 7) is 0.919. The Bertz CT molecular complexity index is 861. The van der Waals surface area contributed by atoms with Gasteiger partial charge in [-0.05, 0) is 48.7 Å². The zero-order valence-corrected chi connectivity index (χ0v) is 15.2. The first-order valence-corrected chi connectivity index (χ1v) is 8.97. The Kier molecular flexibility index (Phi) is 6.23. The molecule has 0 spiro atoms. The fourth-order valence-electron chi connectivity index (χ4n) is 2.88. The van der Waals surface area contributed by atoms with Crippen molar-refractivity contribution in [2.75, 3.05) is 17.2 Å². The SMILES string of the molecule is NC(=O)Nc1ccc(CNC(=O)c2cccc(NC(=O)C3CCCO3)c2)cc1. The Morgan fingerprint density at radius 3 is 2.50 bits per heavy atom. The molecule has 1 unspecified atom stereocenters. The van der Waals surface area contributed by atoms with Crippen LogP contribution in [0.25, 0.3) is 0 Å². The number of amides is 4. The van der Waals surface area contributed by atoms with Gasteiger partial charge in [0, 0.05) is 30.1 Å². The van der Waals surface area contributed by atoms with Crippen molar-refractivity contribution in [3.8, 4) is 0 Å². The highest BCUT2D eigenvalue weighted by molar-refractivity contribution is 5.98. The van der Waals surface area contributed by atoms with Gasteiger partial charge in [-0.2, -0.15) is 0 Å². The third-order valence-electron chi connectivity index (χ3n) is 4.29. The minimum absolute atomic E-state index is 0.195. The molecule has 28 heavy (non-hydrogen) atoms. The fourth-order valence-corrected chi connectivity index (χ4v) is 2.88. The van der Waals surface area contributed by atoms with Crippen LogP contribution in [0.5, 0.6) is 0 Å². The first kappa shape index (κ1) is 19.4. The second-order valence-electron chi connectivity index (χ2n) is 6.44. The molecule has 0 bridgehead atoms. The summed E-state index contributed by atoms with van der Waals surface area (Å²) in [7, 11) is 0. The van der Waals surface area contributed by atoms with E-state index in [2.05, 4.69) is 16.0 Å². The van der Waals surface area contributed by atoms with Gasteiger partial charge < -0.3 is 26.4 Å². The van der Waals surface area contributed by atoms with Gasteiger partial charge in [0.1, 0.15) is 6.10 Å². The van der Waals surface area contributed by atoms with Gasteiger partial charge in [-0.25, -0.2) is 4.79 Å². The molecule has 4 amide bonds. The number of hydrogen-bond donors (Lipinski definition) is 4. The lowest BCUT2D eigenvalue weighted by atomic mass is 10.1. The number of anilines is 2. The molecule has 0 radical (unpaired) electrons. The Hall–Kier alpha value is -3.39. The highest BCUT2D eigenvalue weighted by atomic mass is 16.5. The maximum absolute atomic E-state index is 12.4. The van der Waals surface area contributed by atoms with Crippen molar-refractivity contribution in [1.82, 2.24) is 5.32 Å². The highest BCUT2D eigenvalue weighted by Gasteiger charge is 2.23. The number of hydrogen-bond acceptors (Lipinski definition) is 4. The zero-order chi connectivity index (χ0) is 19.9. The van der Waals surface area contributed by atoms with Crippen LogP contribution >= 0.6 is 0 Å². The van der Waals surface area contributed by atoms with Crippen LogP contribution in [0.3, 0.4) is 0 Å². The summed E-state index contributed by atoms with van der Waals surface area (Å²) in [5.74, 6) is -0.452. The molecule has 1 atom stereocenters. The van der Waals surface area contributed by atoms with Crippen LogP contribution in [0, 0.1) is 0 Å². The average molecular weight is 382 g/mol. The van der Waals surface area contributed by atoms with Gasteiger partial charge >= 0.3 is 6.03 Å². The molecule has 0 aliphatic carbocycles. The van der Waals surface area contributed by atoms with E-state index in [1.54, 1.807) is 48.5 Å². The molecule has 2 aromatic rings. The van der Waals surface area contributed by atoms with Crippen LogP contribution < -0.4 is 21.7 Å². The van der Waals surface area contributed by atoms with Crippen molar-refractivity contribution in [3.63, 3.8) is 0 Å². The number of carbonyl (C=O) groups excluding carboxylic acids is 3. The van der Waals surface area contributed by atoms with Gasteiger partial charge in [-0.3, -0.25) is 9.59 Å². The quantitative estimate of drug-likeness (QED) is 0.612. The fraction of sp³-hybridized carbons (Fsp3) is 0.250. The number of ether oxygens (including phenoxy) is 1. The second-order valence-corrected chi connectivity index (χ2v) is 6.44. The Morgan fingerprint density at radius 2 is 1.82 bits per heavy atom. The number of nitrogens with two attached hydrogens (primary N) is 1. The lowest BCUT2D eigenvalue weighted by molar-refractivity contribution is -0.124. The van der Waals surface area contributed by atoms with Crippen molar-refractivity contribution < 1.29 is 19.1 Å². The number of rotatable bonds is 6. The van der Waals surface area contributed by atoms with Crippen molar-refractivity contribution >= 4 is 29.2 Å². The van der Waals surface area contributed by atoms with E-state index < -0.39 is 12.1 Å². The predicted molar refractivity (Wildman–Crippen MR) is 105 cm³/mol. The standard InChI is InChI=1S/C20H22N4O4/c21-20(27)24-15-8-6-13(7-9-15)12-22-18(25)14-3-1-4-16(11-14)23-19(26)17-5-2-10-28-17/h1,3-4,6-9,11,17H,2,5,10,12H2,(H,22,25)(H,23,26)(H3,21,24,27). The van der Waals surface area contributed by atoms with Gasteiger partial charge in [0.15, 0.2) is 0 Å². The minimum Gasteiger partial charge on any atom is -0.368 e. The molecule has 146 valence electrons. The number of benzene rings is 2. The van der Waals surface area contributed by atoms with Crippen LogP contribution in [0.1, 0.15) is 28.8 Å². The third-order valence-corrected chi connectivity index (χ3v) is 4.29. The van der Waals surface area contributed by atoms with E-state index >= 15 is 0 Å². The van der Waals surface area contributed by atoms with Crippen LogP contribution in [0.2, 0.25) is 0 Å². The summed E-state index contributed by atoms with van der Waals surface area (Å²) in [6.07, 6.45) is 1.16. The van der Waals surface area contributed by atoms with Crippen LogP contribution in [0.15, 0.2) is 48.5 Å². The van der Waals surface area contributed by atoms with E-state index in [-0.39, 0.29) is 11.8 Å². The zero-order valence-electron chi connectivity index (χ0n) is 15.2. The molecular formula is C20H22N4O4. The van der Waals surface area contributed by atoms with E-state index in [9.17, 15) is 14.4 Å². The summed E-state index contributed by atoms with van der Waals surface area (Å²) >= 11 is 0. The summed E-state index contributed by atoms with van der Waals surface area (Å²) in [5.41, 5.74) is 7.50. The molecule has 1 heterocycles. The Morgan fingerprint density at radius 1 is 1.04 bits per heavy atom. The molecular weight excluding hydrogens is 360 g/mol. The molecule has 3 rings (SSSR count). The summed E-state index contributed by atoms with van der Waals surface area (Å²) in [6, 6.07) is 13.1. The molecule has 8 heteroatoms. The van der Waals surface area contributed by atoms with Gasteiger partial charge in [0.2, 0.25) is 0 Å². The van der Waals surface area contributed by atoms with Gasteiger partial charge in [-0.1, -0.05) is 18.2 Å². The molecule has 2 aromatic carbocycles. The van der Waals surface area contributed by atoms with Crippen molar-refractivity contribution in [3.05, 3.63) is 59.7 Å². The van der Waals surface area contributed by atoms with Crippen molar-refractivity contribution in [2.45, 2.75) is 25.5 Å². The van der Waals surface area contributed by atoms with Crippen LogP contribution in [-0.4, -0.2) is 30.6 Å². The maximum atomic E-state index is 12.4. The predicted octanol–water partition coefficient (Wildman–Crippen LogP) is 2.22. The first-order chi connectivity index (χ1) is 13.5. The Labute approximate surface area is 162 Å². The minimum atomic E-state index is -0.632. The number of carbonyl (C=O) groups is 3. The van der Waals surface area contributed by atoms with E-state index in [0.29, 0.717) is 36.5 Å². The number of urea groups is 1. The number of primary amides is 1. The summed E-state index contributed by atoms with van der Waals surface area (Å²) in [4.78, 5) is 35.3. The van der Waals surface area contributed by atoms with Crippen molar-refractivity contribution in [2.24, 2.45) is 5.73 Å². The van der Waals surface area contributed by atoms with E-state index in [0.717, 1.165) is 12.0 Å². The van der Waals surface area contributed by atoms with Crippen LogP contribution in [-0.2, 0) is 16.1 Å². The van der Waals surface area contributed by atoms with Gasteiger partial charge in [0.25, 0.3) is 11.8 Å². The molecule has 1 aliphatic rings. The smallest absolute Gasteiger partial charge is 0.316 e. The molecule has 0 saturated carbocycles. The summed E-state index contributed by atoms with van der Waals surface area (Å²) < 4.78 is 5.36. The van der Waals surface area contributed by atoms with Gasteiger partial charge in [-0.15, -0.1) is 0 Å².